The first-order valence-corrected chi connectivity index (χ1v) is 7.87. The Kier molecular flexibility index (Phi) is 3.01. The lowest BCUT2D eigenvalue weighted by atomic mass is 9.60. The van der Waals surface area contributed by atoms with Crippen molar-refractivity contribution < 1.29 is 0 Å². The molecule has 0 radical (unpaired) electrons. The Morgan fingerprint density at radius 2 is 1.47 bits per heavy atom. The van der Waals surface area contributed by atoms with Gasteiger partial charge in [-0.15, -0.1) is 0 Å². The van der Waals surface area contributed by atoms with Crippen LogP contribution in [0.15, 0.2) is 0 Å². The van der Waals surface area contributed by atoms with Gasteiger partial charge in [-0.3, -0.25) is 4.90 Å². The predicted octanol–water partition coefficient (Wildman–Crippen LogP) is 3.93. The predicted molar refractivity (Wildman–Crippen MR) is 72.9 cm³/mol. The fourth-order valence-corrected chi connectivity index (χ4v) is 5.47. The van der Waals surface area contributed by atoms with Crippen LogP contribution in [0.3, 0.4) is 0 Å². The number of hydrogen-bond donors (Lipinski definition) is 0. The molecule has 0 spiro atoms. The molecule has 4 fully saturated rings. The zero-order valence-corrected chi connectivity index (χ0v) is 12.0. The van der Waals surface area contributed by atoms with Crippen molar-refractivity contribution in [1.29, 1.82) is 0 Å². The lowest BCUT2D eigenvalue weighted by Gasteiger charge is -2.63. The third-order valence-electron chi connectivity index (χ3n) is 5.80. The van der Waals surface area contributed by atoms with Crippen molar-refractivity contribution in [2.24, 2.45) is 23.7 Å². The highest BCUT2D eigenvalue weighted by Gasteiger charge is 2.53. The molecule has 4 bridgehead atoms. The Morgan fingerprint density at radius 1 is 0.882 bits per heavy atom. The molecule has 0 aromatic carbocycles. The molecule has 4 atom stereocenters. The van der Waals surface area contributed by atoms with Crippen LogP contribution in [0.1, 0.15) is 59.8 Å². The Hall–Kier alpha value is -0.0400. The molecule has 0 aromatic heterocycles. The molecule has 98 valence electrons. The lowest BCUT2D eigenvalue weighted by molar-refractivity contribution is -0.139. The summed E-state index contributed by atoms with van der Waals surface area (Å²) in [5.74, 6) is 3.73. The van der Waals surface area contributed by atoms with Gasteiger partial charge in [0.25, 0.3) is 0 Å². The van der Waals surface area contributed by atoms with E-state index in [2.05, 4.69) is 32.6 Å². The second-order valence-electron chi connectivity index (χ2n) is 7.47. The lowest BCUT2D eigenvalue weighted by Crippen LogP contribution is -2.67. The van der Waals surface area contributed by atoms with Gasteiger partial charge in [0.15, 0.2) is 0 Å². The van der Waals surface area contributed by atoms with Gasteiger partial charge in [0.2, 0.25) is 0 Å². The fourth-order valence-electron chi connectivity index (χ4n) is 5.47. The second kappa shape index (κ2) is 4.26. The minimum Gasteiger partial charge on any atom is -0.294 e. The Bertz CT molecular complexity index is 269. The molecule has 0 N–H and O–H groups in total. The first kappa shape index (κ1) is 12.0. The molecule has 0 amide bonds. The van der Waals surface area contributed by atoms with Crippen molar-refractivity contribution in [2.45, 2.75) is 77.9 Å². The van der Waals surface area contributed by atoms with E-state index in [0.29, 0.717) is 0 Å². The average molecular weight is 235 g/mol. The number of fused-ring (bicyclic) bond motifs is 1. The molecule has 4 heterocycles. The Labute approximate surface area is 107 Å². The molecular formula is C16H29N. The molecule has 0 aromatic rings. The molecule has 0 aliphatic carbocycles. The smallest absolute Gasteiger partial charge is 0.0157 e. The van der Waals surface area contributed by atoms with Gasteiger partial charge in [0, 0.05) is 18.1 Å². The van der Waals surface area contributed by atoms with E-state index in [0.717, 1.165) is 41.8 Å². The summed E-state index contributed by atoms with van der Waals surface area (Å²) in [6, 6.07) is 2.79. The van der Waals surface area contributed by atoms with E-state index in [1.165, 1.54) is 32.1 Å². The first-order chi connectivity index (χ1) is 8.09. The van der Waals surface area contributed by atoms with Crippen LogP contribution >= 0.6 is 0 Å². The molecule has 4 saturated heterocycles. The summed E-state index contributed by atoms with van der Waals surface area (Å²) in [7, 11) is 0. The van der Waals surface area contributed by atoms with Crippen LogP contribution < -0.4 is 0 Å². The summed E-state index contributed by atoms with van der Waals surface area (Å²) in [6.45, 7) is 9.82. The van der Waals surface area contributed by atoms with Crippen LogP contribution in [0.2, 0.25) is 0 Å². The molecule has 1 nitrogen and oxygen atoms in total. The maximum Gasteiger partial charge on any atom is 0.0157 e. The van der Waals surface area contributed by atoms with Gasteiger partial charge in [0.05, 0.1) is 0 Å². The van der Waals surface area contributed by atoms with Crippen LogP contribution in [0.25, 0.3) is 0 Å². The monoisotopic (exact) mass is 235 g/mol. The fraction of sp³-hybridized carbons (Fsp3) is 1.00. The number of piperidine rings is 4. The molecule has 1 heteroatoms. The van der Waals surface area contributed by atoms with Gasteiger partial charge in [-0.1, -0.05) is 34.1 Å². The topological polar surface area (TPSA) is 3.24 Å². The summed E-state index contributed by atoms with van der Waals surface area (Å²) in [6.07, 6.45) is 7.50. The number of hydrogen-bond acceptors (Lipinski definition) is 1. The van der Waals surface area contributed by atoms with Crippen LogP contribution in [0.4, 0.5) is 0 Å². The molecule has 4 aliphatic rings. The highest BCUT2D eigenvalue weighted by atomic mass is 15.3. The second-order valence-corrected chi connectivity index (χ2v) is 7.47. The Balaban J connectivity index is 1.92. The molecule has 4 rings (SSSR count). The van der Waals surface area contributed by atoms with E-state index in [-0.39, 0.29) is 0 Å². The number of rotatable bonds is 2. The highest BCUT2D eigenvalue weighted by molar-refractivity contribution is 5.06. The minimum absolute atomic E-state index is 0.841. The van der Waals surface area contributed by atoms with Gasteiger partial charge in [-0.2, -0.15) is 0 Å². The normalized spacial score (nSPS) is 49.1. The summed E-state index contributed by atoms with van der Waals surface area (Å²) >= 11 is 0. The van der Waals surface area contributed by atoms with Gasteiger partial charge in [-0.05, 0) is 49.4 Å². The van der Waals surface area contributed by atoms with E-state index >= 15 is 0 Å². The van der Waals surface area contributed by atoms with E-state index in [1.807, 2.05) is 0 Å². The summed E-state index contributed by atoms with van der Waals surface area (Å²) in [5, 5.41) is 0. The van der Waals surface area contributed by atoms with E-state index in [1.54, 1.807) is 0 Å². The summed E-state index contributed by atoms with van der Waals surface area (Å²) in [4.78, 5) is 2.98. The Morgan fingerprint density at radius 3 is 1.94 bits per heavy atom. The third kappa shape index (κ3) is 1.77. The maximum atomic E-state index is 2.98. The van der Waals surface area contributed by atoms with Gasteiger partial charge in [0.1, 0.15) is 0 Å². The van der Waals surface area contributed by atoms with Crippen molar-refractivity contribution in [3.05, 3.63) is 0 Å². The first-order valence-electron chi connectivity index (χ1n) is 7.87. The molecular weight excluding hydrogens is 206 g/mol. The maximum absolute atomic E-state index is 2.98. The summed E-state index contributed by atoms with van der Waals surface area (Å²) in [5.41, 5.74) is 0. The van der Waals surface area contributed by atoms with Crippen molar-refractivity contribution in [3.63, 3.8) is 0 Å². The van der Waals surface area contributed by atoms with E-state index < -0.39 is 0 Å². The highest BCUT2D eigenvalue weighted by Crippen LogP contribution is 2.52. The zero-order chi connectivity index (χ0) is 12.2. The van der Waals surface area contributed by atoms with Gasteiger partial charge in [-0.25, -0.2) is 0 Å². The van der Waals surface area contributed by atoms with Crippen molar-refractivity contribution >= 4 is 0 Å². The number of nitrogens with zero attached hydrogens (tertiary/aromatic N) is 1. The van der Waals surface area contributed by atoms with Crippen LogP contribution in [-0.2, 0) is 0 Å². The quantitative estimate of drug-likeness (QED) is 0.701. The van der Waals surface area contributed by atoms with Crippen LogP contribution in [0.5, 0.6) is 0 Å². The van der Waals surface area contributed by atoms with Crippen LogP contribution in [0, 0.1) is 23.7 Å². The molecule has 4 unspecified atom stereocenters. The van der Waals surface area contributed by atoms with Crippen LogP contribution in [-0.4, -0.2) is 23.0 Å². The van der Waals surface area contributed by atoms with Crippen molar-refractivity contribution in [3.8, 4) is 0 Å². The molecule has 0 saturated carbocycles. The van der Waals surface area contributed by atoms with Crippen molar-refractivity contribution in [1.82, 2.24) is 4.90 Å². The largest absolute Gasteiger partial charge is 0.294 e. The van der Waals surface area contributed by atoms with Gasteiger partial charge < -0.3 is 0 Å². The molecule has 17 heavy (non-hydrogen) atoms. The summed E-state index contributed by atoms with van der Waals surface area (Å²) < 4.78 is 0. The van der Waals surface area contributed by atoms with Crippen molar-refractivity contribution in [2.75, 3.05) is 0 Å². The van der Waals surface area contributed by atoms with E-state index in [9.17, 15) is 0 Å². The SMILES string of the molecule is CC(C)C1C2CC3CCCC(C2)N3C1C(C)C. The van der Waals surface area contributed by atoms with Gasteiger partial charge >= 0.3 is 0 Å². The minimum atomic E-state index is 0.841. The standard InChI is InChI=1S/C16H29N/c1-10(2)15-12-8-13-6-5-7-14(9-12)17(13)16(15)11(3)4/h10-16H,5-9H2,1-4H3. The third-order valence-corrected chi connectivity index (χ3v) is 5.80. The average Bonchev–Trinajstić information content (AvgIpc) is 2.26. The molecule has 4 aliphatic heterocycles. The van der Waals surface area contributed by atoms with E-state index in [4.69, 9.17) is 0 Å². The zero-order valence-electron chi connectivity index (χ0n) is 12.0.